The molecule has 0 aromatic heterocycles. The van der Waals surface area contributed by atoms with E-state index < -0.39 is 11.4 Å². The predicted molar refractivity (Wildman–Crippen MR) is 79.0 cm³/mol. The van der Waals surface area contributed by atoms with E-state index in [0.717, 1.165) is 0 Å². The third kappa shape index (κ3) is 3.96. The van der Waals surface area contributed by atoms with E-state index in [9.17, 15) is 14.7 Å². The van der Waals surface area contributed by atoms with Crippen molar-refractivity contribution in [3.8, 4) is 5.75 Å². The number of aromatic carboxylic acids is 1. The van der Waals surface area contributed by atoms with Crippen molar-refractivity contribution in [2.75, 3.05) is 7.11 Å². The zero-order valence-corrected chi connectivity index (χ0v) is 13.5. The van der Waals surface area contributed by atoms with Crippen LogP contribution in [0, 0.1) is 5.41 Å². The molecule has 1 aromatic carbocycles. The molecule has 5 nitrogen and oxygen atoms in total. The molecule has 0 saturated heterocycles. The van der Waals surface area contributed by atoms with Crippen molar-refractivity contribution in [1.82, 2.24) is 5.32 Å². The molecular formula is C14H18BrNO4. The Labute approximate surface area is 126 Å². The van der Waals surface area contributed by atoms with Crippen molar-refractivity contribution in [2.45, 2.75) is 27.3 Å². The topological polar surface area (TPSA) is 75.6 Å². The molecule has 0 bridgehead atoms. The van der Waals surface area contributed by atoms with E-state index in [2.05, 4.69) is 21.2 Å². The summed E-state index contributed by atoms with van der Waals surface area (Å²) in [6, 6.07) is 3.08. The van der Waals surface area contributed by atoms with Gasteiger partial charge in [-0.15, -0.1) is 0 Å². The zero-order valence-electron chi connectivity index (χ0n) is 11.9. The highest BCUT2D eigenvalue weighted by atomic mass is 79.9. The second kappa shape index (κ2) is 6.26. The summed E-state index contributed by atoms with van der Waals surface area (Å²) in [6.07, 6.45) is 0. The van der Waals surface area contributed by atoms with Crippen molar-refractivity contribution in [3.63, 3.8) is 0 Å². The number of nitrogens with one attached hydrogen (secondary N) is 1. The third-order valence-corrected chi connectivity index (χ3v) is 3.35. The molecule has 0 radical (unpaired) electrons. The largest absolute Gasteiger partial charge is 0.496 e. The molecule has 1 amide bonds. The van der Waals surface area contributed by atoms with E-state index in [1.54, 1.807) is 26.8 Å². The van der Waals surface area contributed by atoms with Gasteiger partial charge in [0.15, 0.2) is 0 Å². The Morgan fingerprint density at radius 2 is 1.95 bits per heavy atom. The quantitative estimate of drug-likeness (QED) is 0.881. The molecular weight excluding hydrogens is 326 g/mol. The molecule has 0 saturated carbocycles. The first-order chi connectivity index (χ1) is 9.16. The lowest BCUT2D eigenvalue weighted by Gasteiger charge is -2.18. The molecule has 0 aliphatic heterocycles. The Morgan fingerprint density at radius 3 is 2.40 bits per heavy atom. The molecule has 6 heteroatoms. The Balaban J connectivity index is 3.03. The second-order valence-corrected chi connectivity index (χ2v) is 6.24. The van der Waals surface area contributed by atoms with Crippen LogP contribution in [-0.2, 0) is 11.3 Å². The minimum Gasteiger partial charge on any atom is -0.496 e. The van der Waals surface area contributed by atoms with Gasteiger partial charge in [0.25, 0.3) is 0 Å². The van der Waals surface area contributed by atoms with Gasteiger partial charge in [-0.3, -0.25) is 4.79 Å². The number of carbonyl (C=O) groups excluding carboxylic acids is 1. The van der Waals surface area contributed by atoms with E-state index in [-0.39, 0.29) is 18.0 Å². The number of benzene rings is 1. The van der Waals surface area contributed by atoms with Crippen LogP contribution in [-0.4, -0.2) is 24.1 Å². The molecule has 0 aliphatic rings. The maximum atomic E-state index is 11.8. The molecule has 0 heterocycles. The van der Waals surface area contributed by atoms with Gasteiger partial charge in [0.1, 0.15) is 5.75 Å². The molecule has 1 aromatic rings. The fraction of sp³-hybridized carbons (Fsp3) is 0.429. The van der Waals surface area contributed by atoms with Crippen LogP contribution in [0.4, 0.5) is 0 Å². The predicted octanol–water partition coefficient (Wildman–Crippen LogP) is 2.82. The summed E-state index contributed by atoms with van der Waals surface area (Å²) in [5.41, 5.74) is 0.106. The fourth-order valence-electron chi connectivity index (χ4n) is 1.54. The van der Waals surface area contributed by atoms with Gasteiger partial charge in [-0.2, -0.15) is 0 Å². The van der Waals surface area contributed by atoms with E-state index in [4.69, 9.17) is 4.74 Å². The summed E-state index contributed by atoms with van der Waals surface area (Å²) >= 11 is 3.31. The second-order valence-electron chi connectivity index (χ2n) is 5.38. The van der Waals surface area contributed by atoms with Gasteiger partial charge in [-0.05, 0) is 33.6 Å². The van der Waals surface area contributed by atoms with Gasteiger partial charge < -0.3 is 15.2 Å². The van der Waals surface area contributed by atoms with Crippen molar-refractivity contribution in [3.05, 3.63) is 27.7 Å². The van der Waals surface area contributed by atoms with Crippen molar-refractivity contribution in [2.24, 2.45) is 5.41 Å². The third-order valence-electron chi connectivity index (χ3n) is 2.73. The van der Waals surface area contributed by atoms with Crippen molar-refractivity contribution >= 4 is 27.8 Å². The van der Waals surface area contributed by atoms with Crippen LogP contribution in [0.25, 0.3) is 0 Å². The lowest BCUT2D eigenvalue weighted by molar-refractivity contribution is -0.128. The first-order valence-electron chi connectivity index (χ1n) is 6.05. The number of methoxy groups -OCH3 is 1. The minimum absolute atomic E-state index is 0.110. The molecule has 0 spiro atoms. The highest BCUT2D eigenvalue weighted by Crippen LogP contribution is 2.29. The molecule has 0 atom stereocenters. The molecule has 20 heavy (non-hydrogen) atoms. The number of carbonyl (C=O) groups is 2. The van der Waals surface area contributed by atoms with E-state index in [1.165, 1.54) is 13.2 Å². The molecule has 0 aliphatic carbocycles. The summed E-state index contributed by atoms with van der Waals surface area (Å²) in [6.45, 7) is 5.54. The lowest BCUT2D eigenvalue weighted by atomic mass is 9.95. The Kier molecular flexibility index (Phi) is 5.16. The molecule has 1 rings (SSSR count). The number of carboxylic acid groups (broad SMARTS) is 1. The highest BCUT2D eigenvalue weighted by molar-refractivity contribution is 9.10. The summed E-state index contributed by atoms with van der Waals surface area (Å²) in [5.74, 6) is -0.759. The number of hydrogen-bond acceptors (Lipinski definition) is 3. The standard InChI is InChI=1S/C14H18BrNO4/c1-14(2,3)13(19)16-7-8-5-10(15)11(20-4)6-9(8)12(17)18/h5-6H,7H2,1-4H3,(H,16,19)(H,17,18). The fourth-order valence-corrected chi connectivity index (χ4v) is 2.09. The number of rotatable bonds is 4. The SMILES string of the molecule is COc1cc(C(=O)O)c(CNC(=O)C(C)(C)C)cc1Br. The maximum absolute atomic E-state index is 11.8. The first-order valence-corrected chi connectivity index (χ1v) is 6.84. The summed E-state index contributed by atoms with van der Waals surface area (Å²) in [7, 11) is 1.47. The van der Waals surface area contributed by atoms with Gasteiger partial charge in [-0.1, -0.05) is 20.8 Å². The van der Waals surface area contributed by atoms with E-state index in [1.807, 2.05) is 0 Å². The van der Waals surface area contributed by atoms with Gasteiger partial charge in [-0.25, -0.2) is 4.79 Å². The van der Waals surface area contributed by atoms with E-state index in [0.29, 0.717) is 15.8 Å². The van der Waals surface area contributed by atoms with Crippen LogP contribution in [0.1, 0.15) is 36.7 Å². The van der Waals surface area contributed by atoms with Crippen LogP contribution in [0.3, 0.4) is 0 Å². The van der Waals surface area contributed by atoms with Crippen LogP contribution in [0.2, 0.25) is 0 Å². The number of hydrogen-bond donors (Lipinski definition) is 2. The van der Waals surface area contributed by atoms with Crippen molar-refractivity contribution in [1.29, 1.82) is 0 Å². The minimum atomic E-state index is -1.06. The van der Waals surface area contributed by atoms with Crippen LogP contribution in [0.15, 0.2) is 16.6 Å². The average molecular weight is 344 g/mol. The molecule has 2 N–H and O–H groups in total. The molecule has 0 unspecified atom stereocenters. The maximum Gasteiger partial charge on any atom is 0.336 e. The van der Waals surface area contributed by atoms with Gasteiger partial charge in [0.05, 0.1) is 17.1 Å². The molecule has 110 valence electrons. The number of amides is 1. The van der Waals surface area contributed by atoms with Crippen molar-refractivity contribution < 1.29 is 19.4 Å². The summed E-state index contributed by atoms with van der Waals surface area (Å²) in [5, 5.41) is 12.0. The Hall–Kier alpha value is -1.56. The average Bonchev–Trinajstić information content (AvgIpc) is 2.34. The Morgan fingerprint density at radius 1 is 1.35 bits per heavy atom. The van der Waals surface area contributed by atoms with Crippen LogP contribution >= 0.6 is 15.9 Å². The number of carboxylic acids is 1. The molecule has 0 fully saturated rings. The van der Waals surface area contributed by atoms with Crippen LogP contribution in [0.5, 0.6) is 5.75 Å². The smallest absolute Gasteiger partial charge is 0.336 e. The summed E-state index contributed by atoms with van der Waals surface area (Å²) < 4.78 is 5.72. The Bertz CT molecular complexity index is 535. The van der Waals surface area contributed by atoms with E-state index >= 15 is 0 Å². The zero-order chi connectivity index (χ0) is 15.5. The van der Waals surface area contributed by atoms with Gasteiger partial charge >= 0.3 is 5.97 Å². The van der Waals surface area contributed by atoms with Crippen LogP contribution < -0.4 is 10.1 Å². The number of ether oxygens (including phenoxy) is 1. The lowest BCUT2D eigenvalue weighted by Crippen LogP contribution is -2.34. The normalized spacial score (nSPS) is 11.1. The highest BCUT2D eigenvalue weighted by Gasteiger charge is 2.22. The number of halogens is 1. The van der Waals surface area contributed by atoms with Gasteiger partial charge in [0.2, 0.25) is 5.91 Å². The first kappa shape index (κ1) is 16.5. The summed E-state index contributed by atoms with van der Waals surface area (Å²) in [4.78, 5) is 23.1. The monoisotopic (exact) mass is 343 g/mol. The van der Waals surface area contributed by atoms with Gasteiger partial charge in [0, 0.05) is 12.0 Å².